The van der Waals surface area contributed by atoms with E-state index in [0.29, 0.717) is 11.9 Å². The Kier molecular flexibility index (Phi) is 3.83. The molecular formula is C9H17N5O2. The third-order valence-corrected chi connectivity index (χ3v) is 2.02. The summed E-state index contributed by atoms with van der Waals surface area (Å²) in [5, 5.41) is 7.59. The summed E-state index contributed by atoms with van der Waals surface area (Å²) in [5.74, 6) is 0.321. The van der Waals surface area contributed by atoms with Gasteiger partial charge in [-0.05, 0) is 6.92 Å². The van der Waals surface area contributed by atoms with Crippen LogP contribution in [0.3, 0.4) is 0 Å². The number of aromatic nitrogens is 2. The van der Waals surface area contributed by atoms with Crippen LogP contribution in [0.1, 0.15) is 18.9 Å². The Morgan fingerprint density at radius 2 is 2.06 bits per heavy atom. The van der Waals surface area contributed by atoms with Crippen molar-refractivity contribution >= 4 is 11.9 Å². The van der Waals surface area contributed by atoms with Crippen molar-refractivity contribution in [1.29, 1.82) is 0 Å². The van der Waals surface area contributed by atoms with E-state index in [2.05, 4.69) is 10.2 Å². The van der Waals surface area contributed by atoms with E-state index in [1.54, 1.807) is 33.0 Å². The number of carbonyl (C=O) groups is 1. The standard InChI is InChI=1S/C9H17N5O2/c1-6(10)8-11-12-9(16-8)14(4)5-7(15)13(2)3/h6H,5,10H2,1-4H3. The molecule has 2 N–H and O–H groups in total. The zero-order valence-corrected chi connectivity index (χ0v) is 9.97. The Labute approximate surface area is 94.2 Å². The maximum atomic E-state index is 11.4. The molecule has 1 atom stereocenters. The molecule has 1 unspecified atom stereocenters. The van der Waals surface area contributed by atoms with E-state index in [1.165, 1.54) is 4.90 Å². The first-order valence-corrected chi connectivity index (χ1v) is 4.92. The summed E-state index contributed by atoms with van der Waals surface area (Å²) in [7, 11) is 5.09. The molecule has 1 aromatic heterocycles. The van der Waals surface area contributed by atoms with Gasteiger partial charge in [0, 0.05) is 21.1 Å². The molecule has 7 heteroatoms. The molecule has 16 heavy (non-hydrogen) atoms. The van der Waals surface area contributed by atoms with E-state index in [1.807, 2.05) is 0 Å². The number of amides is 1. The Hall–Kier alpha value is -1.63. The van der Waals surface area contributed by atoms with Crippen molar-refractivity contribution < 1.29 is 9.21 Å². The van der Waals surface area contributed by atoms with Crippen LogP contribution in [-0.2, 0) is 4.79 Å². The van der Waals surface area contributed by atoms with Crippen molar-refractivity contribution in [3.63, 3.8) is 0 Å². The molecule has 0 aliphatic rings. The second-order valence-corrected chi connectivity index (χ2v) is 3.86. The van der Waals surface area contributed by atoms with Gasteiger partial charge in [0.15, 0.2) is 0 Å². The molecule has 0 aliphatic carbocycles. The van der Waals surface area contributed by atoms with Crippen LogP contribution in [-0.4, -0.2) is 48.7 Å². The van der Waals surface area contributed by atoms with Crippen LogP contribution in [0.2, 0.25) is 0 Å². The lowest BCUT2D eigenvalue weighted by Gasteiger charge is -2.16. The molecule has 0 aromatic carbocycles. The fraction of sp³-hybridized carbons (Fsp3) is 0.667. The largest absolute Gasteiger partial charge is 0.406 e. The van der Waals surface area contributed by atoms with Crippen molar-refractivity contribution in [2.24, 2.45) is 5.73 Å². The van der Waals surface area contributed by atoms with E-state index >= 15 is 0 Å². The van der Waals surface area contributed by atoms with Gasteiger partial charge in [0.1, 0.15) is 6.54 Å². The smallest absolute Gasteiger partial charge is 0.318 e. The van der Waals surface area contributed by atoms with Gasteiger partial charge in [-0.15, -0.1) is 5.10 Å². The molecule has 0 radical (unpaired) electrons. The van der Waals surface area contributed by atoms with Crippen LogP contribution in [0, 0.1) is 0 Å². The number of hydrogen-bond donors (Lipinski definition) is 1. The van der Waals surface area contributed by atoms with Gasteiger partial charge in [-0.25, -0.2) is 0 Å². The predicted molar refractivity (Wildman–Crippen MR) is 58.9 cm³/mol. The van der Waals surface area contributed by atoms with Crippen LogP contribution in [0.15, 0.2) is 4.42 Å². The molecule has 1 heterocycles. The molecule has 90 valence electrons. The fourth-order valence-corrected chi connectivity index (χ4v) is 0.977. The van der Waals surface area contributed by atoms with Gasteiger partial charge in [0.05, 0.1) is 6.04 Å². The summed E-state index contributed by atoms with van der Waals surface area (Å²) in [6.45, 7) is 1.94. The van der Waals surface area contributed by atoms with Crippen molar-refractivity contribution in [1.82, 2.24) is 15.1 Å². The highest BCUT2D eigenvalue weighted by molar-refractivity contribution is 5.80. The number of carbonyl (C=O) groups excluding carboxylic acids is 1. The Balaban J connectivity index is 2.66. The zero-order chi connectivity index (χ0) is 12.3. The zero-order valence-electron chi connectivity index (χ0n) is 9.97. The molecule has 0 spiro atoms. The Bertz CT molecular complexity index is 361. The van der Waals surface area contributed by atoms with E-state index in [0.717, 1.165) is 0 Å². The third kappa shape index (κ3) is 2.93. The first-order chi connectivity index (χ1) is 7.41. The molecule has 0 fully saturated rings. The second kappa shape index (κ2) is 4.93. The van der Waals surface area contributed by atoms with Crippen molar-refractivity contribution in [2.45, 2.75) is 13.0 Å². The highest BCUT2D eigenvalue weighted by Gasteiger charge is 2.16. The van der Waals surface area contributed by atoms with E-state index in [-0.39, 0.29) is 18.5 Å². The molecule has 0 saturated carbocycles. The number of rotatable bonds is 4. The molecule has 7 nitrogen and oxygen atoms in total. The van der Waals surface area contributed by atoms with Gasteiger partial charge in [-0.1, -0.05) is 5.10 Å². The van der Waals surface area contributed by atoms with Crippen molar-refractivity contribution in [3.05, 3.63) is 5.89 Å². The summed E-state index contributed by atoms with van der Waals surface area (Å²) in [5.41, 5.74) is 5.59. The first-order valence-electron chi connectivity index (χ1n) is 4.92. The van der Waals surface area contributed by atoms with E-state index < -0.39 is 0 Å². The van der Waals surface area contributed by atoms with Gasteiger partial charge in [0.25, 0.3) is 0 Å². The Morgan fingerprint density at radius 1 is 1.44 bits per heavy atom. The predicted octanol–water partition coefficient (Wildman–Crippen LogP) is -0.386. The molecule has 1 rings (SSSR count). The SMILES string of the molecule is CC(N)c1nnc(N(C)CC(=O)N(C)C)o1. The van der Waals surface area contributed by atoms with Crippen LogP contribution in [0.25, 0.3) is 0 Å². The quantitative estimate of drug-likeness (QED) is 0.754. The fourth-order valence-electron chi connectivity index (χ4n) is 0.977. The average Bonchev–Trinajstić information content (AvgIpc) is 2.65. The van der Waals surface area contributed by atoms with Gasteiger partial charge in [-0.3, -0.25) is 4.79 Å². The summed E-state index contributed by atoms with van der Waals surface area (Å²) < 4.78 is 5.30. The average molecular weight is 227 g/mol. The minimum absolute atomic E-state index is 0.0388. The lowest BCUT2D eigenvalue weighted by molar-refractivity contribution is -0.127. The van der Waals surface area contributed by atoms with E-state index in [4.69, 9.17) is 10.2 Å². The highest BCUT2D eigenvalue weighted by Crippen LogP contribution is 2.14. The molecule has 0 saturated heterocycles. The summed E-state index contributed by atoms with van der Waals surface area (Å²) >= 11 is 0. The van der Waals surface area contributed by atoms with Gasteiger partial charge in [-0.2, -0.15) is 0 Å². The third-order valence-electron chi connectivity index (χ3n) is 2.02. The monoisotopic (exact) mass is 227 g/mol. The van der Waals surface area contributed by atoms with Crippen molar-refractivity contribution in [2.75, 3.05) is 32.6 Å². The summed E-state index contributed by atoms with van der Waals surface area (Å²) in [6.07, 6.45) is 0. The maximum absolute atomic E-state index is 11.4. The number of anilines is 1. The molecule has 0 aliphatic heterocycles. The van der Waals surface area contributed by atoms with Gasteiger partial charge in [0.2, 0.25) is 11.8 Å². The molecule has 1 aromatic rings. The number of nitrogens with zero attached hydrogens (tertiary/aromatic N) is 4. The summed E-state index contributed by atoms with van der Waals surface area (Å²) in [4.78, 5) is 14.5. The number of nitrogens with two attached hydrogens (primary N) is 1. The van der Waals surface area contributed by atoms with Crippen LogP contribution >= 0.6 is 0 Å². The molecular weight excluding hydrogens is 210 g/mol. The van der Waals surface area contributed by atoms with Crippen LogP contribution in [0.4, 0.5) is 6.01 Å². The first kappa shape index (κ1) is 12.4. The summed E-state index contributed by atoms with van der Waals surface area (Å²) in [6, 6.07) is -0.0123. The number of hydrogen-bond acceptors (Lipinski definition) is 6. The minimum Gasteiger partial charge on any atom is -0.406 e. The van der Waals surface area contributed by atoms with Gasteiger partial charge < -0.3 is 20.0 Å². The number of likely N-dealkylation sites (N-methyl/N-ethyl adjacent to an activating group) is 2. The van der Waals surface area contributed by atoms with Crippen LogP contribution < -0.4 is 10.6 Å². The lowest BCUT2D eigenvalue weighted by atomic mass is 10.4. The van der Waals surface area contributed by atoms with Crippen LogP contribution in [0.5, 0.6) is 0 Å². The minimum atomic E-state index is -0.306. The van der Waals surface area contributed by atoms with E-state index in [9.17, 15) is 4.79 Å². The van der Waals surface area contributed by atoms with Gasteiger partial charge >= 0.3 is 6.01 Å². The normalized spacial score (nSPS) is 12.3. The van der Waals surface area contributed by atoms with Crippen molar-refractivity contribution in [3.8, 4) is 0 Å². The maximum Gasteiger partial charge on any atom is 0.318 e. The topological polar surface area (TPSA) is 88.5 Å². The molecule has 1 amide bonds. The Morgan fingerprint density at radius 3 is 2.50 bits per heavy atom. The molecule has 0 bridgehead atoms. The lowest BCUT2D eigenvalue weighted by Crippen LogP contribution is -2.34. The highest BCUT2D eigenvalue weighted by atomic mass is 16.4. The second-order valence-electron chi connectivity index (χ2n) is 3.86.